The fourth-order valence-electron chi connectivity index (χ4n) is 3.08. The fraction of sp³-hybridized carbons (Fsp3) is 0.615. The van der Waals surface area contributed by atoms with E-state index in [2.05, 4.69) is 17.3 Å². The highest BCUT2D eigenvalue weighted by Crippen LogP contribution is 2.49. The number of hydrogen-bond donors (Lipinski definition) is 0. The van der Waals surface area contributed by atoms with Crippen LogP contribution in [0, 0.1) is 0 Å². The number of rotatable bonds is 0. The Morgan fingerprint density at radius 2 is 2.17 bits per heavy atom. The third-order valence-corrected chi connectivity index (χ3v) is 5.37. The van der Waals surface area contributed by atoms with Gasteiger partial charge >= 0.3 is 6.09 Å². The van der Waals surface area contributed by atoms with E-state index in [1.165, 1.54) is 12.0 Å². The molecule has 0 aliphatic carbocycles. The first-order valence-electron chi connectivity index (χ1n) is 6.28. The van der Waals surface area contributed by atoms with Crippen LogP contribution < -0.4 is 4.90 Å². The summed E-state index contributed by atoms with van der Waals surface area (Å²) in [4.78, 5) is 17.4. The smallest absolute Gasteiger partial charge is 0.414 e. The molecule has 1 fully saturated rings. The molecule has 18 heavy (non-hydrogen) atoms. The van der Waals surface area contributed by atoms with Gasteiger partial charge in [-0.25, -0.2) is 4.79 Å². The lowest BCUT2D eigenvalue weighted by Gasteiger charge is -2.37. The van der Waals surface area contributed by atoms with Gasteiger partial charge in [0.15, 0.2) is 0 Å². The highest BCUT2D eigenvalue weighted by molar-refractivity contribution is 7.10. The highest BCUT2D eigenvalue weighted by atomic mass is 32.1. The molecule has 1 amide bonds. The Morgan fingerprint density at radius 3 is 2.83 bits per heavy atom. The molecule has 0 radical (unpaired) electrons. The van der Waals surface area contributed by atoms with E-state index in [4.69, 9.17) is 4.74 Å². The molecule has 3 heterocycles. The maximum absolute atomic E-state index is 11.9. The summed E-state index contributed by atoms with van der Waals surface area (Å²) in [6.07, 6.45) is 2.03. The van der Waals surface area contributed by atoms with Crippen LogP contribution in [0.2, 0.25) is 0 Å². The van der Waals surface area contributed by atoms with Crippen LogP contribution >= 0.6 is 11.3 Å². The Morgan fingerprint density at radius 1 is 1.44 bits per heavy atom. The van der Waals surface area contributed by atoms with E-state index >= 15 is 0 Å². The minimum absolute atomic E-state index is 0.171. The largest absolute Gasteiger partial charge is 0.452 e. The number of anilines is 1. The number of carbonyl (C=O) groups excluding carboxylic acids is 1. The topological polar surface area (TPSA) is 32.8 Å². The van der Waals surface area contributed by atoms with E-state index in [-0.39, 0.29) is 11.5 Å². The molecule has 0 unspecified atom stereocenters. The highest BCUT2D eigenvalue weighted by Gasteiger charge is 2.47. The maximum atomic E-state index is 11.9. The number of amides is 1. The summed E-state index contributed by atoms with van der Waals surface area (Å²) in [7, 11) is 3.61. The summed E-state index contributed by atoms with van der Waals surface area (Å²) >= 11 is 1.78. The number of hydrogen-bond acceptors (Lipinski definition) is 4. The fourth-order valence-corrected chi connectivity index (χ4v) is 4.23. The second-order valence-electron chi connectivity index (χ2n) is 5.27. The molecule has 0 atom stereocenters. The van der Waals surface area contributed by atoms with Crippen LogP contribution in [0.5, 0.6) is 0 Å². The molecule has 2 aliphatic heterocycles. The standard InChI is InChI=1S/C13H18N2O2S/c1-14-6-4-13(5-7-14)9-15(12(16)17-2)10-3-8-18-11(10)13/h3,8H,4-7,9H2,1-2H3. The van der Waals surface area contributed by atoms with Gasteiger partial charge in [0.05, 0.1) is 12.8 Å². The first-order chi connectivity index (χ1) is 8.66. The summed E-state index contributed by atoms with van der Waals surface area (Å²) < 4.78 is 4.90. The molecule has 0 saturated carbocycles. The molecule has 1 aromatic heterocycles. The number of likely N-dealkylation sites (tertiary alicyclic amines) is 1. The Balaban J connectivity index is 1.94. The number of piperidine rings is 1. The molecule has 0 N–H and O–H groups in total. The van der Waals surface area contributed by atoms with Gasteiger partial charge in [-0.1, -0.05) is 0 Å². The number of carbonyl (C=O) groups is 1. The molecule has 5 heteroatoms. The van der Waals surface area contributed by atoms with E-state index in [0.717, 1.165) is 38.2 Å². The quantitative estimate of drug-likeness (QED) is 0.722. The first kappa shape index (κ1) is 12.0. The Hall–Kier alpha value is -1.07. The van der Waals surface area contributed by atoms with Crippen molar-refractivity contribution in [3.63, 3.8) is 0 Å². The van der Waals surface area contributed by atoms with E-state index in [1.807, 2.05) is 6.07 Å². The summed E-state index contributed by atoms with van der Waals surface area (Å²) in [6, 6.07) is 2.05. The predicted molar refractivity (Wildman–Crippen MR) is 72.5 cm³/mol. The lowest BCUT2D eigenvalue weighted by atomic mass is 9.78. The zero-order valence-corrected chi connectivity index (χ0v) is 11.6. The van der Waals surface area contributed by atoms with Crippen molar-refractivity contribution < 1.29 is 9.53 Å². The van der Waals surface area contributed by atoms with Gasteiger partial charge in [0, 0.05) is 16.8 Å². The third-order valence-electron chi connectivity index (χ3n) is 4.22. The van der Waals surface area contributed by atoms with Crippen molar-refractivity contribution in [2.24, 2.45) is 0 Å². The van der Waals surface area contributed by atoms with Crippen LogP contribution in [-0.2, 0) is 10.2 Å². The van der Waals surface area contributed by atoms with Gasteiger partial charge in [-0.3, -0.25) is 4.90 Å². The molecule has 1 spiro atoms. The molecule has 98 valence electrons. The molecule has 1 saturated heterocycles. The van der Waals surface area contributed by atoms with Crippen LogP contribution in [-0.4, -0.2) is 44.8 Å². The van der Waals surface area contributed by atoms with Gasteiger partial charge in [0.1, 0.15) is 0 Å². The molecule has 0 bridgehead atoms. The monoisotopic (exact) mass is 266 g/mol. The van der Waals surface area contributed by atoms with Gasteiger partial charge in [0.25, 0.3) is 0 Å². The SMILES string of the molecule is COC(=O)N1CC2(CCN(C)CC2)c2sccc21. The molecule has 3 rings (SSSR count). The summed E-state index contributed by atoms with van der Waals surface area (Å²) in [5.74, 6) is 0. The van der Waals surface area contributed by atoms with Crippen LogP contribution in [0.15, 0.2) is 11.4 Å². The number of methoxy groups -OCH3 is 1. The van der Waals surface area contributed by atoms with E-state index in [9.17, 15) is 4.79 Å². The molecule has 4 nitrogen and oxygen atoms in total. The van der Waals surface area contributed by atoms with Crippen molar-refractivity contribution in [1.29, 1.82) is 0 Å². The van der Waals surface area contributed by atoms with Crippen LogP contribution in [0.4, 0.5) is 10.5 Å². The Kier molecular flexibility index (Phi) is 2.83. The van der Waals surface area contributed by atoms with Crippen molar-refractivity contribution in [1.82, 2.24) is 4.90 Å². The van der Waals surface area contributed by atoms with Crippen molar-refractivity contribution in [2.75, 3.05) is 38.7 Å². The number of fused-ring (bicyclic) bond motifs is 2. The number of thiophene rings is 1. The molecule has 2 aliphatic rings. The van der Waals surface area contributed by atoms with E-state index in [0.29, 0.717) is 0 Å². The lowest BCUT2D eigenvalue weighted by molar-refractivity contribution is 0.171. The third kappa shape index (κ3) is 1.65. The van der Waals surface area contributed by atoms with E-state index in [1.54, 1.807) is 16.2 Å². The normalized spacial score (nSPS) is 22.2. The molecule has 0 aromatic carbocycles. The van der Waals surface area contributed by atoms with Gasteiger partial charge in [-0.15, -0.1) is 11.3 Å². The van der Waals surface area contributed by atoms with Gasteiger partial charge in [-0.05, 0) is 44.4 Å². The van der Waals surface area contributed by atoms with Crippen molar-refractivity contribution in [3.8, 4) is 0 Å². The average Bonchev–Trinajstić information content (AvgIpc) is 2.96. The van der Waals surface area contributed by atoms with Crippen LogP contribution in [0.1, 0.15) is 17.7 Å². The lowest BCUT2D eigenvalue weighted by Crippen LogP contribution is -2.44. The second-order valence-corrected chi connectivity index (χ2v) is 6.19. The van der Waals surface area contributed by atoms with Gasteiger partial charge in [-0.2, -0.15) is 0 Å². The summed E-state index contributed by atoms with van der Waals surface area (Å²) in [6.45, 7) is 2.99. The predicted octanol–water partition coefficient (Wildman–Crippen LogP) is 2.30. The molecular weight excluding hydrogens is 248 g/mol. The maximum Gasteiger partial charge on any atom is 0.414 e. The van der Waals surface area contributed by atoms with Gasteiger partial charge in [0.2, 0.25) is 0 Å². The molecular formula is C13H18N2O2S. The average molecular weight is 266 g/mol. The van der Waals surface area contributed by atoms with Crippen molar-refractivity contribution in [3.05, 3.63) is 16.3 Å². The summed E-state index contributed by atoms with van der Waals surface area (Å²) in [5.41, 5.74) is 1.24. The number of ether oxygens (including phenoxy) is 1. The second kappa shape index (κ2) is 4.24. The van der Waals surface area contributed by atoms with Gasteiger partial charge < -0.3 is 9.64 Å². The Bertz CT molecular complexity index is 463. The minimum Gasteiger partial charge on any atom is -0.452 e. The van der Waals surface area contributed by atoms with Crippen molar-refractivity contribution in [2.45, 2.75) is 18.3 Å². The Labute approximate surface area is 111 Å². The first-order valence-corrected chi connectivity index (χ1v) is 7.16. The number of nitrogens with zero attached hydrogens (tertiary/aromatic N) is 2. The van der Waals surface area contributed by atoms with Crippen molar-refractivity contribution >= 4 is 23.1 Å². The zero-order valence-electron chi connectivity index (χ0n) is 10.8. The molecule has 1 aromatic rings. The van der Waals surface area contributed by atoms with Crippen LogP contribution in [0.25, 0.3) is 0 Å². The zero-order chi connectivity index (χ0) is 12.8. The van der Waals surface area contributed by atoms with Crippen LogP contribution in [0.3, 0.4) is 0 Å². The van der Waals surface area contributed by atoms with E-state index < -0.39 is 0 Å². The summed E-state index contributed by atoms with van der Waals surface area (Å²) in [5, 5.41) is 2.08. The minimum atomic E-state index is -0.231.